The number of nitrogens with zero attached hydrogens (tertiary/aromatic N) is 1. The molecule has 0 unspecified atom stereocenters. The highest BCUT2D eigenvalue weighted by Crippen LogP contribution is 2.32. The maximum atomic E-state index is 13.3. The minimum atomic E-state index is -0.596. The van der Waals surface area contributed by atoms with E-state index in [2.05, 4.69) is 10.3 Å². The number of amides is 1. The predicted molar refractivity (Wildman–Crippen MR) is 108 cm³/mol. The summed E-state index contributed by atoms with van der Waals surface area (Å²) in [6.45, 7) is 1.63. The zero-order chi connectivity index (χ0) is 20.4. The average Bonchev–Trinajstić information content (AvgIpc) is 3.57. The van der Waals surface area contributed by atoms with Gasteiger partial charge in [-0.05, 0) is 62.1 Å². The lowest BCUT2D eigenvalue weighted by Crippen LogP contribution is -2.37. The minimum absolute atomic E-state index is 0.0908. The molecule has 148 valence electrons. The third-order valence-electron chi connectivity index (χ3n) is 5.13. The summed E-state index contributed by atoms with van der Waals surface area (Å²) in [4.78, 5) is 29.4. The molecule has 5 nitrogen and oxygen atoms in total. The maximum Gasteiger partial charge on any atom is 0.339 e. The number of rotatable bonds is 6. The molecule has 1 heterocycles. The summed E-state index contributed by atoms with van der Waals surface area (Å²) in [7, 11) is 0. The molecule has 3 aromatic rings. The van der Waals surface area contributed by atoms with Crippen molar-refractivity contribution in [1.29, 1.82) is 0 Å². The number of hydrogen-bond donors (Lipinski definition) is 1. The second kappa shape index (κ2) is 7.99. The second-order valence-electron chi connectivity index (χ2n) is 7.35. The highest BCUT2D eigenvalue weighted by Gasteiger charge is 2.29. The van der Waals surface area contributed by atoms with E-state index in [1.165, 1.54) is 12.1 Å². The first-order valence-electron chi connectivity index (χ1n) is 9.63. The van der Waals surface area contributed by atoms with Crippen LogP contribution in [0.3, 0.4) is 0 Å². The Bertz CT molecular complexity index is 1060. The van der Waals surface area contributed by atoms with Crippen LogP contribution in [0.1, 0.15) is 30.1 Å². The van der Waals surface area contributed by atoms with E-state index in [4.69, 9.17) is 4.74 Å². The number of para-hydroxylation sites is 1. The number of benzene rings is 2. The van der Waals surface area contributed by atoms with Gasteiger partial charge in [0, 0.05) is 17.0 Å². The molecule has 1 aliphatic rings. The van der Waals surface area contributed by atoms with Gasteiger partial charge in [-0.3, -0.25) is 4.79 Å². The van der Waals surface area contributed by atoms with E-state index in [1.807, 2.05) is 19.1 Å². The Morgan fingerprint density at radius 2 is 1.90 bits per heavy atom. The van der Waals surface area contributed by atoms with Gasteiger partial charge >= 0.3 is 5.97 Å². The number of halogens is 1. The lowest BCUT2D eigenvalue weighted by molar-refractivity contribution is -0.124. The molecule has 2 aromatic carbocycles. The smallest absolute Gasteiger partial charge is 0.339 e. The zero-order valence-electron chi connectivity index (χ0n) is 16.0. The Hall–Kier alpha value is -3.28. The van der Waals surface area contributed by atoms with Gasteiger partial charge in [0.25, 0.3) is 5.91 Å². The van der Waals surface area contributed by atoms with Gasteiger partial charge in [-0.15, -0.1) is 0 Å². The Kier molecular flexibility index (Phi) is 5.25. The van der Waals surface area contributed by atoms with Crippen molar-refractivity contribution in [3.05, 3.63) is 66.0 Å². The van der Waals surface area contributed by atoms with Crippen LogP contribution in [0.5, 0.6) is 0 Å². The van der Waals surface area contributed by atoms with Crippen LogP contribution in [-0.4, -0.2) is 29.5 Å². The van der Waals surface area contributed by atoms with Crippen molar-refractivity contribution in [3.8, 4) is 11.3 Å². The summed E-state index contributed by atoms with van der Waals surface area (Å²) >= 11 is 0. The number of carbonyl (C=O) groups is 2. The van der Waals surface area contributed by atoms with Crippen molar-refractivity contribution in [2.45, 2.75) is 25.8 Å². The Morgan fingerprint density at radius 3 is 2.62 bits per heavy atom. The highest BCUT2D eigenvalue weighted by atomic mass is 19.1. The molecule has 6 heteroatoms. The van der Waals surface area contributed by atoms with Crippen LogP contribution < -0.4 is 5.32 Å². The molecule has 0 aliphatic heterocycles. The van der Waals surface area contributed by atoms with Crippen LogP contribution in [-0.2, 0) is 9.53 Å². The first-order valence-corrected chi connectivity index (χ1v) is 9.63. The van der Waals surface area contributed by atoms with Crippen LogP contribution in [0.15, 0.2) is 54.6 Å². The highest BCUT2D eigenvalue weighted by molar-refractivity contribution is 6.05. The predicted octanol–water partition coefficient (Wildman–Crippen LogP) is 4.11. The van der Waals surface area contributed by atoms with Crippen molar-refractivity contribution in [2.24, 2.45) is 5.92 Å². The number of esters is 1. The molecular formula is C23H21FN2O3. The lowest BCUT2D eigenvalue weighted by Gasteiger charge is -2.13. The summed E-state index contributed by atoms with van der Waals surface area (Å²) in [5.41, 5.74) is 2.15. The molecule has 0 spiro atoms. The number of pyridine rings is 1. The fraction of sp³-hybridized carbons (Fsp3) is 0.261. The third-order valence-corrected chi connectivity index (χ3v) is 5.13. The molecule has 1 N–H and O–H groups in total. The van der Waals surface area contributed by atoms with Gasteiger partial charge in [-0.25, -0.2) is 14.2 Å². The van der Waals surface area contributed by atoms with Gasteiger partial charge in [-0.2, -0.15) is 0 Å². The summed E-state index contributed by atoms with van der Waals surface area (Å²) in [6.07, 6.45) is 2.24. The molecule has 29 heavy (non-hydrogen) atoms. The zero-order valence-corrected chi connectivity index (χ0v) is 16.0. The van der Waals surface area contributed by atoms with E-state index in [1.54, 1.807) is 30.3 Å². The topological polar surface area (TPSA) is 68.3 Å². The molecule has 4 rings (SSSR count). The Morgan fingerprint density at radius 1 is 1.17 bits per heavy atom. The first-order chi connectivity index (χ1) is 14.0. The number of carbonyl (C=O) groups excluding carboxylic acids is 2. The molecule has 0 radical (unpaired) electrons. The fourth-order valence-corrected chi connectivity index (χ4v) is 3.33. The molecule has 1 fully saturated rings. The van der Waals surface area contributed by atoms with Crippen molar-refractivity contribution < 1.29 is 18.7 Å². The van der Waals surface area contributed by atoms with Crippen LogP contribution in [0.2, 0.25) is 0 Å². The van der Waals surface area contributed by atoms with E-state index >= 15 is 0 Å². The van der Waals surface area contributed by atoms with Gasteiger partial charge in [0.05, 0.1) is 16.8 Å². The molecule has 0 bridgehead atoms. The summed E-state index contributed by atoms with van der Waals surface area (Å²) in [5.74, 6) is -0.728. The van der Waals surface area contributed by atoms with Crippen LogP contribution in [0, 0.1) is 11.7 Å². The minimum Gasteiger partial charge on any atom is -0.452 e. The maximum absolute atomic E-state index is 13.3. The lowest BCUT2D eigenvalue weighted by atomic mass is 10.0. The molecule has 0 saturated heterocycles. The largest absolute Gasteiger partial charge is 0.452 e. The molecule has 1 amide bonds. The number of nitrogens with one attached hydrogen (secondary N) is 1. The van der Waals surface area contributed by atoms with Gasteiger partial charge < -0.3 is 10.1 Å². The number of hydrogen-bond acceptors (Lipinski definition) is 4. The fourth-order valence-electron chi connectivity index (χ4n) is 3.33. The summed E-state index contributed by atoms with van der Waals surface area (Å²) < 4.78 is 18.5. The van der Waals surface area contributed by atoms with E-state index in [-0.39, 0.29) is 24.4 Å². The number of fused-ring (bicyclic) bond motifs is 1. The standard InChI is InChI=1S/C23H21FN2O3/c1-14(15-6-7-15)25-22(27)13-29-23(28)19-12-21(16-8-10-17(24)11-9-16)26-20-5-3-2-4-18(19)20/h2-5,8-12,14-15H,6-7,13H2,1H3,(H,25,27)/t14-/m1/s1. The Balaban J connectivity index is 1.57. The summed E-state index contributed by atoms with van der Waals surface area (Å²) in [6, 6.07) is 14.8. The molecular weight excluding hydrogens is 371 g/mol. The van der Waals surface area contributed by atoms with Crippen LogP contribution >= 0.6 is 0 Å². The molecule has 1 aromatic heterocycles. The van der Waals surface area contributed by atoms with E-state index in [9.17, 15) is 14.0 Å². The number of ether oxygens (including phenoxy) is 1. The van der Waals surface area contributed by atoms with Gasteiger partial charge in [-0.1, -0.05) is 18.2 Å². The van der Waals surface area contributed by atoms with Crippen molar-refractivity contribution in [1.82, 2.24) is 10.3 Å². The van der Waals surface area contributed by atoms with Crippen molar-refractivity contribution >= 4 is 22.8 Å². The average molecular weight is 392 g/mol. The quantitative estimate of drug-likeness (QED) is 0.641. The van der Waals surface area contributed by atoms with Gasteiger partial charge in [0.2, 0.25) is 0 Å². The van der Waals surface area contributed by atoms with E-state index < -0.39 is 5.97 Å². The van der Waals surface area contributed by atoms with Gasteiger partial charge in [0.1, 0.15) is 5.82 Å². The molecule has 1 aliphatic carbocycles. The first kappa shape index (κ1) is 19.1. The van der Waals surface area contributed by atoms with E-state index in [0.717, 1.165) is 12.8 Å². The normalized spacial score (nSPS) is 14.4. The molecule has 1 atom stereocenters. The van der Waals surface area contributed by atoms with Crippen LogP contribution in [0.25, 0.3) is 22.2 Å². The monoisotopic (exact) mass is 392 g/mol. The third kappa shape index (κ3) is 4.42. The van der Waals surface area contributed by atoms with Crippen LogP contribution in [0.4, 0.5) is 4.39 Å². The Labute approximate surface area is 167 Å². The van der Waals surface area contributed by atoms with Crippen molar-refractivity contribution in [2.75, 3.05) is 6.61 Å². The van der Waals surface area contributed by atoms with Gasteiger partial charge in [0.15, 0.2) is 6.61 Å². The molecule has 1 saturated carbocycles. The second-order valence-corrected chi connectivity index (χ2v) is 7.35. The summed E-state index contributed by atoms with van der Waals surface area (Å²) in [5, 5.41) is 3.50. The number of aromatic nitrogens is 1. The SMILES string of the molecule is C[C@@H](NC(=O)COC(=O)c1cc(-c2ccc(F)cc2)nc2ccccc12)C1CC1. The van der Waals surface area contributed by atoms with Crippen molar-refractivity contribution in [3.63, 3.8) is 0 Å². The van der Waals surface area contributed by atoms with E-state index in [0.29, 0.717) is 33.6 Å².